The van der Waals surface area contributed by atoms with Crippen LogP contribution in [-0.2, 0) is 0 Å². The maximum atomic E-state index is 2.72. The molecule has 0 aromatic rings. The summed E-state index contributed by atoms with van der Waals surface area (Å²) in [6.45, 7) is 2.72. The number of rotatable bonds is 11. The Hall–Kier alpha value is 0. The molecule has 0 amide bonds. The summed E-state index contributed by atoms with van der Waals surface area (Å²) >= 11 is 0. The van der Waals surface area contributed by atoms with Crippen LogP contribution in [0.2, 0.25) is 0 Å². The van der Waals surface area contributed by atoms with E-state index in [1.54, 1.807) is 154 Å². The van der Waals surface area contributed by atoms with E-state index in [-0.39, 0.29) is 0 Å². The largest absolute Gasteiger partial charge is 0.0622 e. The molecule has 6 fully saturated rings. The van der Waals surface area contributed by atoms with Crippen molar-refractivity contribution >= 4 is 0 Å². The van der Waals surface area contributed by atoms with Gasteiger partial charge >= 0.3 is 0 Å². The Kier molecular flexibility index (Phi) is 12.6. The molecule has 0 heterocycles. The first-order valence-electron chi connectivity index (χ1n) is 20.8. The second kappa shape index (κ2) is 16.5. The predicted molar refractivity (Wildman–Crippen MR) is 183 cm³/mol. The van der Waals surface area contributed by atoms with Crippen LogP contribution >= 0.6 is 0 Å². The molecule has 6 rings (SSSR count). The summed E-state index contributed by atoms with van der Waals surface area (Å²) in [5.41, 5.74) is 0. The van der Waals surface area contributed by atoms with Crippen molar-refractivity contribution in [3.63, 3.8) is 0 Å². The Labute approximate surface area is 264 Å². The molecule has 6 aliphatic rings. The van der Waals surface area contributed by atoms with Crippen molar-refractivity contribution in [2.24, 2.45) is 65.1 Å². The van der Waals surface area contributed by atoms with E-state index in [2.05, 4.69) is 6.92 Å². The lowest BCUT2D eigenvalue weighted by Gasteiger charge is -2.49. The number of hydrogen-bond donors (Lipinski definition) is 0. The van der Waals surface area contributed by atoms with E-state index in [1.165, 1.54) is 38.5 Å². The van der Waals surface area contributed by atoms with Crippen molar-refractivity contribution in [1.29, 1.82) is 0 Å². The minimum atomic E-state index is 0.986. The molecule has 0 saturated heterocycles. The molecule has 0 aliphatic heterocycles. The van der Waals surface area contributed by atoms with Crippen LogP contribution in [0.5, 0.6) is 0 Å². The van der Waals surface area contributed by atoms with E-state index in [4.69, 9.17) is 0 Å². The second-order valence-corrected chi connectivity index (χ2v) is 17.8. The normalized spacial score (nSPS) is 34.4. The summed E-state index contributed by atoms with van der Waals surface area (Å²) < 4.78 is 0. The highest BCUT2D eigenvalue weighted by molar-refractivity contribution is 4.94. The Morgan fingerprint density at radius 1 is 0.381 bits per heavy atom. The summed E-state index contributed by atoms with van der Waals surface area (Å²) in [5.74, 6) is 11.8. The van der Waals surface area contributed by atoms with Crippen LogP contribution in [0, 0.1) is 65.1 Å². The molecule has 0 radical (unpaired) electrons. The zero-order valence-corrected chi connectivity index (χ0v) is 28.6. The summed E-state index contributed by atoms with van der Waals surface area (Å²) in [7, 11) is 0. The second-order valence-electron chi connectivity index (χ2n) is 17.8. The Morgan fingerprint density at radius 2 is 0.833 bits per heavy atom. The fourth-order valence-electron chi connectivity index (χ4n) is 13.1. The van der Waals surface area contributed by atoms with E-state index in [0.717, 1.165) is 65.1 Å². The molecule has 7 atom stereocenters. The molecular weight excluding hydrogens is 504 g/mol. The Bertz CT molecular complexity index is 727. The van der Waals surface area contributed by atoms with Crippen molar-refractivity contribution in [1.82, 2.24) is 0 Å². The molecule has 0 N–H and O–H groups in total. The van der Waals surface area contributed by atoms with E-state index < -0.39 is 0 Å². The first kappa shape index (κ1) is 32.0. The average molecular weight is 579 g/mol. The van der Waals surface area contributed by atoms with Gasteiger partial charge in [-0.25, -0.2) is 0 Å². The first-order chi connectivity index (χ1) is 20.8. The molecule has 0 bridgehead atoms. The molecule has 6 saturated carbocycles. The maximum absolute atomic E-state index is 2.72. The van der Waals surface area contributed by atoms with E-state index in [9.17, 15) is 0 Å². The third kappa shape index (κ3) is 8.42. The van der Waals surface area contributed by atoms with Crippen LogP contribution in [0.15, 0.2) is 0 Å². The molecular formula is C42H74. The van der Waals surface area contributed by atoms with Crippen molar-refractivity contribution in [2.75, 3.05) is 0 Å². The van der Waals surface area contributed by atoms with Gasteiger partial charge in [0.15, 0.2) is 0 Å². The summed E-state index contributed by atoms with van der Waals surface area (Å²) in [5, 5.41) is 0. The minimum absolute atomic E-state index is 0.986. The van der Waals surface area contributed by atoms with Crippen LogP contribution in [-0.4, -0.2) is 0 Å². The van der Waals surface area contributed by atoms with Crippen LogP contribution < -0.4 is 0 Å². The zero-order chi connectivity index (χ0) is 28.6. The van der Waals surface area contributed by atoms with Gasteiger partial charge in [-0.05, 0) is 97.2 Å². The molecule has 0 nitrogen and oxygen atoms in total. The monoisotopic (exact) mass is 579 g/mol. The van der Waals surface area contributed by atoms with E-state index >= 15 is 0 Å². The fourth-order valence-corrected chi connectivity index (χ4v) is 13.1. The molecule has 0 spiro atoms. The molecule has 0 aromatic heterocycles. The van der Waals surface area contributed by atoms with Crippen molar-refractivity contribution < 1.29 is 0 Å². The van der Waals surface area contributed by atoms with Gasteiger partial charge in [-0.2, -0.15) is 0 Å². The predicted octanol–water partition coefficient (Wildman–Crippen LogP) is 13.6. The summed E-state index contributed by atoms with van der Waals surface area (Å²) in [6, 6.07) is 0. The number of fused-ring (bicyclic) bond motifs is 1. The third-order valence-corrected chi connectivity index (χ3v) is 15.4. The fraction of sp³-hybridized carbons (Fsp3) is 1.00. The summed E-state index contributed by atoms with van der Waals surface area (Å²) in [6.07, 6.45) is 47.1. The molecule has 6 aliphatic carbocycles. The smallest absolute Gasteiger partial charge is 0.0352 e. The van der Waals surface area contributed by atoms with Crippen molar-refractivity contribution in [3.05, 3.63) is 0 Å². The van der Waals surface area contributed by atoms with Crippen LogP contribution in [0.3, 0.4) is 0 Å². The van der Waals surface area contributed by atoms with Crippen LogP contribution in [0.25, 0.3) is 0 Å². The lowest BCUT2D eigenvalue weighted by atomic mass is 9.56. The highest BCUT2D eigenvalue weighted by Gasteiger charge is 2.43. The topological polar surface area (TPSA) is 0 Å². The third-order valence-electron chi connectivity index (χ3n) is 15.4. The highest BCUT2D eigenvalue weighted by atomic mass is 14.5. The standard InChI is InChI=1S/C42H74/c1-32(33-17-6-2-7-18-33)29-38(34-19-8-3-9-20-34)30-39(35-21-10-4-11-22-35)31-42(37-23-12-5-13-24-37)41-28-16-26-36-25-14-15-27-40(36)41/h32-42H,2-31H2,1H3. The molecule has 242 valence electrons. The van der Waals surface area contributed by atoms with Crippen LogP contribution in [0.4, 0.5) is 0 Å². The summed E-state index contributed by atoms with van der Waals surface area (Å²) in [4.78, 5) is 0. The Morgan fingerprint density at radius 3 is 1.43 bits per heavy atom. The molecule has 7 unspecified atom stereocenters. The van der Waals surface area contributed by atoms with Crippen LogP contribution in [0.1, 0.15) is 200 Å². The van der Waals surface area contributed by atoms with Crippen molar-refractivity contribution in [3.8, 4) is 0 Å². The van der Waals surface area contributed by atoms with E-state index in [1.807, 2.05) is 0 Å². The number of hydrogen-bond acceptors (Lipinski definition) is 0. The zero-order valence-electron chi connectivity index (χ0n) is 28.6. The molecule has 0 heteroatoms. The highest BCUT2D eigenvalue weighted by Crippen LogP contribution is 2.53. The quantitative estimate of drug-likeness (QED) is 0.229. The first-order valence-corrected chi connectivity index (χ1v) is 20.8. The Balaban J connectivity index is 1.24. The lowest BCUT2D eigenvalue weighted by molar-refractivity contribution is 0.00785. The van der Waals surface area contributed by atoms with Gasteiger partial charge in [-0.3, -0.25) is 0 Å². The van der Waals surface area contributed by atoms with Gasteiger partial charge in [0.2, 0.25) is 0 Å². The van der Waals surface area contributed by atoms with Gasteiger partial charge in [0.25, 0.3) is 0 Å². The maximum Gasteiger partial charge on any atom is -0.0352 e. The van der Waals surface area contributed by atoms with Gasteiger partial charge in [0.1, 0.15) is 0 Å². The molecule has 0 aromatic carbocycles. The SMILES string of the molecule is CC(CC(CC(CC(C1CCCCC1)C1CCCC2CCCCC21)C1CCCCC1)C1CCCCC1)C1CCCCC1. The molecule has 42 heavy (non-hydrogen) atoms. The lowest BCUT2D eigenvalue weighted by Crippen LogP contribution is -2.40. The average Bonchev–Trinajstić information content (AvgIpc) is 3.07. The van der Waals surface area contributed by atoms with Gasteiger partial charge in [0.05, 0.1) is 0 Å². The minimum Gasteiger partial charge on any atom is -0.0622 e. The van der Waals surface area contributed by atoms with Gasteiger partial charge in [0, 0.05) is 0 Å². The van der Waals surface area contributed by atoms with Crippen molar-refractivity contribution in [2.45, 2.75) is 200 Å². The van der Waals surface area contributed by atoms with Gasteiger partial charge < -0.3 is 0 Å². The van der Waals surface area contributed by atoms with Gasteiger partial charge in [-0.15, -0.1) is 0 Å². The van der Waals surface area contributed by atoms with E-state index in [0.29, 0.717) is 0 Å². The van der Waals surface area contributed by atoms with Gasteiger partial charge in [-0.1, -0.05) is 167 Å².